The molecule has 0 aromatic heterocycles. The van der Waals surface area contributed by atoms with Crippen LogP contribution < -0.4 is 0 Å². The van der Waals surface area contributed by atoms with Crippen molar-refractivity contribution in [1.29, 1.82) is 0 Å². The minimum atomic E-state index is -0.501. The third-order valence-corrected chi connectivity index (χ3v) is 3.43. The van der Waals surface area contributed by atoms with E-state index in [1.54, 1.807) is 4.90 Å². The van der Waals surface area contributed by atoms with E-state index in [1.807, 2.05) is 12.2 Å². The third-order valence-electron chi connectivity index (χ3n) is 2.74. The molecule has 0 spiro atoms. The van der Waals surface area contributed by atoms with Gasteiger partial charge in [-0.15, -0.1) is 0 Å². The van der Waals surface area contributed by atoms with Gasteiger partial charge in [-0.2, -0.15) is 0 Å². The molecule has 18 heavy (non-hydrogen) atoms. The topological polar surface area (TPSA) is 63.4 Å². The predicted octanol–water partition coefficient (Wildman–Crippen LogP) is 2.76. The van der Waals surface area contributed by atoms with Crippen LogP contribution in [0.5, 0.6) is 0 Å². The molecule has 2 rings (SSSR count). The van der Waals surface area contributed by atoms with Crippen molar-refractivity contribution >= 4 is 27.5 Å². The molecule has 1 aromatic carbocycles. The monoisotopic (exact) mass is 310 g/mol. The van der Waals surface area contributed by atoms with Gasteiger partial charge in [0.25, 0.3) is 11.6 Å². The zero-order valence-corrected chi connectivity index (χ0v) is 11.1. The normalized spacial score (nSPS) is 14.6. The zero-order chi connectivity index (χ0) is 13.1. The van der Waals surface area contributed by atoms with Crippen molar-refractivity contribution in [2.45, 2.75) is 6.42 Å². The van der Waals surface area contributed by atoms with Crippen LogP contribution in [0.25, 0.3) is 0 Å². The molecule has 1 aromatic rings. The maximum atomic E-state index is 12.2. The van der Waals surface area contributed by atoms with Crippen LogP contribution in [-0.2, 0) is 0 Å². The van der Waals surface area contributed by atoms with E-state index >= 15 is 0 Å². The molecule has 0 N–H and O–H groups in total. The first-order valence-electron chi connectivity index (χ1n) is 5.48. The van der Waals surface area contributed by atoms with E-state index in [0.29, 0.717) is 23.1 Å². The summed E-state index contributed by atoms with van der Waals surface area (Å²) in [4.78, 5) is 24.1. The van der Waals surface area contributed by atoms with Crippen LogP contribution >= 0.6 is 15.9 Å². The lowest BCUT2D eigenvalue weighted by molar-refractivity contribution is -0.384. The highest BCUT2D eigenvalue weighted by molar-refractivity contribution is 9.10. The smallest absolute Gasteiger partial charge is 0.270 e. The van der Waals surface area contributed by atoms with Crippen LogP contribution in [-0.4, -0.2) is 28.8 Å². The van der Waals surface area contributed by atoms with Crippen molar-refractivity contribution in [3.63, 3.8) is 0 Å². The molecule has 0 bridgehead atoms. The standard InChI is InChI=1S/C12H11BrN2O3/c13-11-5-4-9(15(17)18)8-10(11)12(16)14-6-2-1-3-7-14/h1-2,4-5,8H,3,6-7H2. The number of amides is 1. The molecule has 0 radical (unpaired) electrons. The Bertz CT molecular complexity index is 528. The minimum absolute atomic E-state index is 0.0749. The van der Waals surface area contributed by atoms with E-state index in [4.69, 9.17) is 0 Å². The van der Waals surface area contributed by atoms with Gasteiger partial charge in [-0.1, -0.05) is 12.2 Å². The summed E-state index contributed by atoms with van der Waals surface area (Å²) in [5.41, 5.74) is 0.258. The second kappa shape index (κ2) is 5.30. The lowest BCUT2D eigenvalue weighted by atomic mass is 10.1. The Morgan fingerprint density at radius 2 is 2.17 bits per heavy atom. The highest BCUT2D eigenvalue weighted by Crippen LogP contribution is 2.24. The maximum absolute atomic E-state index is 12.2. The fraction of sp³-hybridized carbons (Fsp3) is 0.250. The van der Waals surface area contributed by atoms with Gasteiger partial charge in [0.1, 0.15) is 0 Å². The number of benzene rings is 1. The third kappa shape index (κ3) is 2.59. The van der Waals surface area contributed by atoms with Gasteiger partial charge in [0.05, 0.1) is 10.5 Å². The summed E-state index contributed by atoms with van der Waals surface area (Å²) in [6.07, 6.45) is 4.76. The van der Waals surface area contributed by atoms with Crippen molar-refractivity contribution in [2.75, 3.05) is 13.1 Å². The first kappa shape index (κ1) is 12.8. The van der Waals surface area contributed by atoms with Crippen molar-refractivity contribution < 1.29 is 9.72 Å². The summed E-state index contributed by atoms with van der Waals surface area (Å²) in [7, 11) is 0. The summed E-state index contributed by atoms with van der Waals surface area (Å²) in [6.45, 7) is 1.19. The lowest BCUT2D eigenvalue weighted by Gasteiger charge is -2.23. The molecule has 1 amide bonds. The number of hydrogen-bond donors (Lipinski definition) is 0. The van der Waals surface area contributed by atoms with Gasteiger partial charge in [-0.05, 0) is 28.4 Å². The molecule has 0 aliphatic carbocycles. The van der Waals surface area contributed by atoms with Crippen LogP contribution in [0.1, 0.15) is 16.8 Å². The quantitative estimate of drug-likeness (QED) is 0.479. The van der Waals surface area contributed by atoms with Crippen LogP contribution in [0.4, 0.5) is 5.69 Å². The van der Waals surface area contributed by atoms with Crippen molar-refractivity contribution in [1.82, 2.24) is 4.90 Å². The predicted molar refractivity (Wildman–Crippen MR) is 70.5 cm³/mol. The summed E-state index contributed by atoms with van der Waals surface area (Å²) in [5.74, 6) is -0.185. The Balaban J connectivity index is 2.31. The largest absolute Gasteiger partial charge is 0.335 e. The number of nitro groups is 1. The summed E-state index contributed by atoms with van der Waals surface area (Å²) in [6, 6.07) is 4.22. The minimum Gasteiger partial charge on any atom is -0.335 e. The van der Waals surface area contributed by atoms with Gasteiger partial charge in [0, 0.05) is 29.7 Å². The average Bonchev–Trinajstić information content (AvgIpc) is 2.39. The molecule has 94 valence electrons. The fourth-order valence-electron chi connectivity index (χ4n) is 1.79. The summed E-state index contributed by atoms with van der Waals surface area (Å²) in [5, 5.41) is 10.7. The number of halogens is 1. The SMILES string of the molecule is O=C(c1cc([N+](=O)[O-])ccc1Br)N1CC=CCC1. The molecule has 1 aliphatic heterocycles. The molecule has 5 nitrogen and oxygen atoms in total. The molecule has 0 unspecified atom stereocenters. The number of nitro benzene ring substituents is 1. The molecular weight excluding hydrogens is 300 g/mol. The van der Waals surface area contributed by atoms with Gasteiger partial charge in [-0.25, -0.2) is 0 Å². The second-order valence-corrected chi connectivity index (χ2v) is 4.79. The van der Waals surface area contributed by atoms with Crippen LogP contribution in [0.15, 0.2) is 34.8 Å². The number of rotatable bonds is 2. The molecule has 1 heterocycles. The van der Waals surface area contributed by atoms with E-state index in [0.717, 1.165) is 6.42 Å². The second-order valence-electron chi connectivity index (χ2n) is 3.93. The van der Waals surface area contributed by atoms with Gasteiger partial charge < -0.3 is 4.90 Å². The summed E-state index contributed by atoms with van der Waals surface area (Å²) >= 11 is 3.26. The van der Waals surface area contributed by atoms with Crippen LogP contribution in [0, 0.1) is 10.1 Å². The Hall–Kier alpha value is -1.69. The van der Waals surface area contributed by atoms with Crippen LogP contribution in [0.2, 0.25) is 0 Å². The molecular formula is C12H11BrN2O3. The Morgan fingerprint density at radius 1 is 1.39 bits per heavy atom. The van der Waals surface area contributed by atoms with E-state index in [2.05, 4.69) is 15.9 Å². The van der Waals surface area contributed by atoms with E-state index in [9.17, 15) is 14.9 Å². The first-order valence-corrected chi connectivity index (χ1v) is 6.27. The highest BCUT2D eigenvalue weighted by atomic mass is 79.9. The number of non-ortho nitro benzene ring substituents is 1. The van der Waals surface area contributed by atoms with Gasteiger partial charge >= 0.3 is 0 Å². The van der Waals surface area contributed by atoms with Crippen molar-refractivity contribution in [3.05, 3.63) is 50.5 Å². The van der Waals surface area contributed by atoms with E-state index in [1.165, 1.54) is 18.2 Å². The van der Waals surface area contributed by atoms with Crippen LogP contribution in [0.3, 0.4) is 0 Å². The zero-order valence-electron chi connectivity index (χ0n) is 9.51. The van der Waals surface area contributed by atoms with Gasteiger partial charge in [0.2, 0.25) is 0 Å². The van der Waals surface area contributed by atoms with Crippen molar-refractivity contribution in [2.24, 2.45) is 0 Å². The van der Waals surface area contributed by atoms with E-state index in [-0.39, 0.29) is 11.6 Å². The Kier molecular flexibility index (Phi) is 3.76. The molecule has 0 atom stereocenters. The summed E-state index contributed by atoms with van der Waals surface area (Å²) < 4.78 is 0.577. The fourth-order valence-corrected chi connectivity index (χ4v) is 2.20. The highest BCUT2D eigenvalue weighted by Gasteiger charge is 2.20. The molecule has 0 saturated heterocycles. The van der Waals surface area contributed by atoms with E-state index < -0.39 is 4.92 Å². The number of carbonyl (C=O) groups excluding carboxylic acids is 1. The number of carbonyl (C=O) groups is 1. The lowest BCUT2D eigenvalue weighted by Crippen LogP contribution is -2.33. The molecule has 0 saturated carbocycles. The average molecular weight is 311 g/mol. The van der Waals surface area contributed by atoms with Gasteiger partial charge in [-0.3, -0.25) is 14.9 Å². The first-order chi connectivity index (χ1) is 8.59. The van der Waals surface area contributed by atoms with Gasteiger partial charge in [0.15, 0.2) is 0 Å². The maximum Gasteiger partial charge on any atom is 0.270 e. The number of hydrogen-bond acceptors (Lipinski definition) is 3. The molecule has 1 aliphatic rings. The van der Waals surface area contributed by atoms with Crippen molar-refractivity contribution in [3.8, 4) is 0 Å². The Morgan fingerprint density at radius 3 is 2.78 bits per heavy atom. The number of nitrogens with zero attached hydrogens (tertiary/aromatic N) is 2. The Labute approximate surface area is 112 Å². The molecule has 0 fully saturated rings. The molecule has 6 heteroatoms.